The molecule has 0 radical (unpaired) electrons. The summed E-state index contributed by atoms with van der Waals surface area (Å²) < 4.78 is 9.68. The fraction of sp³-hybridized carbons (Fsp3) is 0.412. The van der Waals surface area contributed by atoms with E-state index < -0.39 is 29.9 Å². The van der Waals surface area contributed by atoms with Crippen LogP contribution in [-0.2, 0) is 19.1 Å². The molecule has 1 atom stereocenters. The molecule has 1 rings (SSSR count). The summed E-state index contributed by atoms with van der Waals surface area (Å²) in [7, 11) is 0. The van der Waals surface area contributed by atoms with E-state index in [1.165, 1.54) is 24.3 Å². The third-order valence-corrected chi connectivity index (χ3v) is 3.22. The number of carbonyl (C=O) groups is 4. The minimum atomic E-state index is -1.26. The summed E-state index contributed by atoms with van der Waals surface area (Å²) in [5, 5.41) is 11.6. The smallest absolute Gasteiger partial charge is 0.336 e. The topological polar surface area (TPSA) is 119 Å². The maximum atomic E-state index is 12.4. The van der Waals surface area contributed by atoms with Gasteiger partial charge in [-0.3, -0.25) is 9.59 Å². The van der Waals surface area contributed by atoms with E-state index in [4.69, 9.17) is 14.6 Å². The van der Waals surface area contributed by atoms with E-state index in [9.17, 15) is 19.2 Å². The molecule has 1 aromatic rings. The van der Waals surface area contributed by atoms with Crippen LogP contribution in [0.15, 0.2) is 24.3 Å². The van der Waals surface area contributed by atoms with Crippen LogP contribution < -0.4 is 5.32 Å². The summed E-state index contributed by atoms with van der Waals surface area (Å²) in [6.45, 7) is 3.59. The summed E-state index contributed by atoms with van der Waals surface area (Å²) in [6, 6.07) is 4.55. The van der Waals surface area contributed by atoms with Crippen molar-refractivity contribution in [1.82, 2.24) is 5.32 Å². The fourth-order valence-electron chi connectivity index (χ4n) is 2.09. The Morgan fingerprint density at radius 3 is 2.20 bits per heavy atom. The number of hydrogen-bond donors (Lipinski definition) is 2. The first-order chi connectivity index (χ1) is 11.9. The van der Waals surface area contributed by atoms with Crippen LogP contribution in [0.1, 0.15) is 47.4 Å². The van der Waals surface area contributed by atoms with Gasteiger partial charge < -0.3 is 19.9 Å². The number of amides is 1. The molecule has 0 aliphatic rings. The maximum absolute atomic E-state index is 12.4. The number of benzene rings is 1. The SMILES string of the molecule is CCOC(=O)CCC(NC(=O)c1ccccc1C(=O)O)C(=O)OCC. The summed E-state index contributed by atoms with van der Waals surface area (Å²) in [6.07, 6.45) is -0.100. The number of esters is 2. The van der Waals surface area contributed by atoms with Crippen molar-refractivity contribution < 1.29 is 33.8 Å². The average molecular weight is 351 g/mol. The van der Waals surface area contributed by atoms with Gasteiger partial charge in [-0.05, 0) is 32.4 Å². The second-order valence-corrected chi connectivity index (χ2v) is 4.97. The van der Waals surface area contributed by atoms with Crippen molar-refractivity contribution in [2.75, 3.05) is 13.2 Å². The third-order valence-electron chi connectivity index (χ3n) is 3.22. The van der Waals surface area contributed by atoms with Crippen LogP contribution in [0.2, 0.25) is 0 Å². The van der Waals surface area contributed by atoms with Crippen molar-refractivity contribution in [3.05, 3.63) is 35.4 Å². The predicted octanol–water partition coefficient (Wildman–Crippen LogP) is 1.39. The second-order valence-electron chi connectivity index (χ2n) is 4.97. The maximum Gasteiger partial charge on any atom is 0.336 e. The van der Waals surface area contributed by atoms with Crippen LogP contribution in [0.25, 0.3) is 0 Å². The third kappa shape index (κ3) is 6.25. The zero-order valence-electron chi connectivity index (χ0n) is 14.1. The summed E-state index contributed by atoms with van der Waals surface area (Å²) in [4.78, 5) is 47.0. The molecule has 0 saturated heterocycles. The molecule has 25 heavy (non-hydrogen) atoms. The van der Waals surface area contributed by atoms with E-state index >= 15 is 0 Å². The fourth-order valence-corrected chi connectivity index (χ4v) is 2.09. The lowest BCUT2D eigenvalue weighted by Gasteiger charge is -2.17. The Balaban J connectivity index is 2.89. The van der Waals surface area contributed by atoms with Gasteiger partial charge in [0.05, 0.1) is 24.3 Å². The molecule has 2 N–H and O–H groups in total. The highest BCUT2D eigenvalue weighted by Gasteiger charge is 2.25. The molecular weight excluding hydrogens is 330 g/mol. The molecule has 0 aliphatic carbocycles. The van der Waals surface area contributed by atoms with Crippen molar-refractivity contribution in [3.8, 4) is 0 Å². The van der Waals surface area contributed by atoms with Gasteiger partial charge in [-0.1, -0.05) is 12.1 Å². The summed E-state index contributed by atoms with van der Waals surface area (Å²) in [5.41, 5.74) is -0.270. The van der Waals surface area contributed by atoms with Crippen molar-refractivity contribution in [3.63, 3.8) is 0 Å². The van der Waals surface area contributed by atoms with Gasteiger partial charge in [0.1, 0.15) is 6.04 Å². The van der Waals surface area contributed by atoms with Gasteiger partial charge in [0.25, 0.3) is 5.91 Å². The number of carbonyl (C=O) groups excluding carboxylic acids is 3. The van der Waals surface area contributed by atoms with Gasteiger partial charge in [0, 0.05) is 6.42 Å². The Hall–Kier alpha value is -2.90. The molecule has 0 fully saturated rings. The van der Waals surface area contributed by atoms with Crippen LogP contribution in [0.5, 0.6) is 0 Å². The van der Waals surface area contributed by atoms with Crippen LogP contribution in [0, 0.1) is 0 Å². The predicted molar refractivity (Wildman–Crippen MR) is 87.2 cm³/mol. The number of carboxylic acids is 1. The first-order valence-electron chi connectivity index (χ1n) is 7.86. The van der Waals surface area contributed by atoms with Crippen LogP contribution in [0.3, 0.4) is 0 Å². The van der Waals surface area contributed by atoms with Crippen molar-refractivity contribution in [2.45, 2.75) is 32.7 Å². The molecule has 0 heterocycles. The monoisotopic (exact) mass is 351 g/mol. The molecule has 0 aromatic heterocycles. The molecular formula is C17H21NO7. The Morgan fingerprint density at radius 2 is 1.64 bits per heavy atom. The average Bonchev–Trinajstić information content (AvgIpc) is 2.58. The zero-order valence-corrected chi connectivity index (χ0v) is 14.1. The summed E-state index contributed by atoms with van der Waals surface area (Å²) >= 11 is 0. The molecule has 0 aliphatic heterocycles. The quantitative estimate of drug-likeness (QED) is 0.645. The first kappa shape index (κ1) is 20.1. The van der Waals surface area contributed by atoms with Gasteiger partial charge in [-0.2, -0.15) is 0 Å². The lowest BCUT2D eigenvalue weighted by molar-refractivity contribution is -0.146. The minimum Gasteiger partial charge on any atom is -0.478 e. The number of ether oxygens (including phenoxy) is 2. The number of hydrogen-bond acceptors (Lipinski definition) is 6. The van der Waals surface area contributed by atoms with E-state index in [1.54, 1.807) is 13.8 Å². The molecule has 8 nitrogen and oxygen atoms in total. The Kier molecular flexibility index (Phi) is 8.11. The normalized spacial score (nSPS) is 11.3. The minimum absolute atomic E-state index is 0.0152. The van der Waals surface area contributed by atoms with E-state index in [0.717, 1.165) is 0 Å². The largest absolute Gasteiger partial charge is 0.478 e. The van der Waals surface area contributed by atoms with E-state index in [1.807, 2.05) is 0 Å². The molecule has 1 unspecified atom stereocenters. The number of rotatable bonds is 9. The summed E-state index contributed by atoms with van der Waals surface area (Å²) in [5.74, 6) is -3.20. The molecule has 0 bridgehead atoms. The van der Waals surface area contributed by atoms with Gasteiger partial charge in [0.15, 0.2) is 0 Å². The molecule has 0 spiro atoms. The van der Waals surface area contributed by atoms with Crippen molar-refractivity contribution >= 4 is 23.8 Å². The molecule has 8 heteroatoms. The van der Waals surface area contributed by atoms with E-state index in [-0.39, 0.29) is 37.2 Å². The number of carboxylic acid groups (broad SMARTS) is 1. The van der Waals surface area contributed by atoms with Crippen LogP contribution in [-0.4, -0.2) is 48.2 Å². The van der Waals surface area contributed by atoms with Crippen molar-refractivity contribution in [1.29, 1.82) is 0 Å². The van der Waals surface area contributed by atoms with Gasteiger partial charge in [0.2, 0.25) is 0 Å². The van der Waals surface area contributed by atoms with Gasteiger partial charge >= 0.3 is 17.9 Å². The number of nitrogens with one attached hydrogen (secondary N) is 1. The second kappa shape index (κ2) is 10.1. The standard InChI is InChI=1S/C17H21NO7/c1-3-24-14(19)10-9-13(17(23)25-4-2)18-15(20)11-7-5-6-8-12(11)16(21)22/h5-8,13H,3-4,9-10H2,1-2H3,(H,18,20)(H,21,22). The van der Waals surface area contributed by atoms with E-state index in [2.05, 4.69) is 5.32 Å². The highest BCUT2D eigenvalue weighted by molar-refractivity contribution is 6.05. The van der Waals surface area contributed by atoms with E-state index in [0.29, 0.717) is 0 Å². The van der Waals surface area contributed by atoms with Gasteiger partial charge in [-0.15, -0.1) is 0 Å². The Labute approximate surface area is 145 Å². The number of aromatic carboxylic acids is 1. The lowest BCUT2D eigenvalue weighted by atomic mass is 10.1. The molecule has 1 aromatic carbocycles. The van der Waals surface area contributed by atoms with Crippen LogP contribution in [0.4, 0.5) is 0 Å². The lowest BCUT2D eigenvalue weighted by Crippen LogP contribution is -2.42. The van der Waals surface area contributed by atoms with Gasteiger partial charge in [-0.25, -0.2) is 9.59 Å². The highest BCUT2D eigenvalue weighted by atomic mass is 16.5. The Morgan fingerprint density at radius 1 is 1.04 bits per heavy atom. The molecule has 136 valence electrons. The molecule has 0 saturated carbocycles. The van der Waals surface area contributed by atoms with Crippen molar-refractivity contribution in [2.24, 2.45) is 0 Å². The molecule has 1 amide bonds. The van der Waals surface area contributed by atoms with Crippen LogP contribution >= 0.6 is 0 Å². The highest BCUT2D eigenvalue weighted by Crippen LogP contribution is 2.10. The first-order valence-corrected chi connectivity index (χ1v) is 7.86. The Bertz CT molecular complexity index is 642. The zero-order chi connectivity index (χ0) is 18.8.